The molecule has 90 valence electrons. The van der Waals surface area contributed by atoms with Gasteiger partial charge in [0.2, 0.25) is 0 Å². The van der Waals surface area contributed by atoms with Crippen LogP contribution in [-0.4, -0.2) is 12.1 Å². The molecule has 3 rings (SSSR count). The minimum Gasteiger partial charge on any atom is -0.457 e. The average Bonchev–Trinajstić information content (AvgIpc) is 2.76. The van der Waals surface area contributed by atoms with Crippen molar-refractivity contribution in [3.05, 3.63) is 53.6 Å². The zero-order valence-electron chi connectivity index (χ0n) is 10.1. The van der Waals surface area contributed by atoms with Crippen molar-refractivity contribution in [2.45, 2.75) is 13.5 Å². The number of fused-ring (bicyclic) bond motifs is 1. The molecule has 0 bridgehead atoms. The predicted octanol–water partition coefficient (Wildman–Crippen LogP) is 2.01. The Morgan fingerprint density at radius 1 is 1.17 bits per heavy atom. The number of hydrogen-bond donors (Lipinski definition) is 1. The van der Waals surface area contributed by atoms with E-state index in [1.807, 2.05) is 49.4 Å². The Bertz CT molecular complexity index is 566. The van der Waals surface area contributed by atoms with E-state index in [-0.39, 0.29) is 0 Å². The molecule has 0 saturated carbocycles. The van der Waals surface area contributed by atoms with Gasteiger partial charge in [-0.05, 0) is 30.6 Å². The summed E-state index contributed by atoms with van der Waals surface area (Å²) in [6.45, 7) is 2.42. The second kappa shape index (κ2) is 4.48. The van der Waals surface area contributed by atoms with Gasteiger partial charge in [0.1, 0.15) is 11.5 Å². The van der Waals surface area contributed by atoms with Crippen LogP contribution in [0.4, 0.5) is 0 Å². The first-order chi connectivity index (χ1) is 8.74. The number of ether oxygens (including phenoxy) is 1. The van der Waals surface area contributed by atoms with Gasteiger partial charge in [-0.1, -0.05) is 29.8 Å². The maximum atomic E-state index is 9.63. The minimum atomic E-state index is -0.832. The first-order valence-electron chi connectivity index (χ1n) is 5.90. The summed E-state index contributed by atoms with van der Waals surface area (Å²) >= 11 is 0. The first kappa shape index (κ1) is 11.3. The fourth-order valence-electron chi connectivity index (χ4n) is 2.05. The van der Waals surface area contributed by atoms with E-state index in [4.69, 9.17) is 9.39 Å². The summed E-state index contributed by atoms with van der Waals surface area (Å²) in [5.41, 5.74) is 2.91. The topological polar surface area (TPSA) is 38.7 Å². The van der Waals surface area contributed by atoms with Crippen LogP contribution in [0.15, 0.2) is 42.5 Å². The van der Waals surface area contributed by atoms with Crippen molar-refractivity contribution in [3.63, 3.8) is 0 Å². The standard InChI is InChI=1S/C14H13BO3/c1-10-5-7-11(8-6-10)18-14-4-2-3-13-12(14)9-17-15(13)16/h2-8,16H,9H2,1H3. The molecule has 0 unspecified atom stereocenters. The van der Waals surface area contributed by atoms with Crippen LogP contribution in [0.3, 0.4) is 0 Å². The molecule has 0 fully saturated rings. The predicted molar refractivity (Wildman–Crippen MR) is 70.1 cm³/mol. The molecule has 0 radical (unpaired) electrons. The van der Waals surface area contributed by atoms with Gasteiger partial charge in [-0.2, -0.15) is 0 Å². The second-order valence-corrected chi connectivity index (χ2v) is 4.40. The van der Waals surface area contributed by atoms with Crippen molar-refractivity contribution < 1.29 is 14.4 Å². The Hall–Kier alpha value is -1.78. The fourth-order valence-corrected chi connectivity index (χ4v) is 2.05. The molecule has 4 heteroatoms. The molecule has 0 atom stereocenters. The largest absolute Gasteiger partial charge is 0.491 e. The molecule has 1 heterocycles. The van der Waals surface area contributed by atoms with Gasteiger partial charge in [-0.15, -0.1) is 0 Å². The van der Waals surface area contributed by atoms with Crippen molar-refractivity contribution in [1.29, 1.82) is 0 Å². The lowest BCUT2D eigenvalue weighted by atomic mass is 9.79. The summed E-state index contributed by atoms with van der Waals surface area (Å²) in [4.78, 5) is 0. The molecule has 0 saturated heterocycles. The number of rotatable bonds is 2. The van der Waals surface area contributed by atoms with Crippen LogP contribution in [0.5, 0.6) is 11.5 Å². The minimum absolute atomic E-state index is 0.387. The van der Waals surface area contributed by atoms with Gasteiger partial charge in [-0.3, -0.25) is 0 Å². The maximum absolute atomic E-state index is 9.63. The van der Waals surface area contributed by atoms with Gasteiger partial charge in [0.15, 0.2) is 0 Å². The second-order valence-electron chi connectivity index (χ2n) is 4.40. The van der Waals surface area contributed by atoms with Crippen LogP contribution < -0.4 is 10.2 Å². The van der Waals surface area contributed by atoms with E-state index in [1.165, 1.54) is 5.56 Å². The molecule has 2 aromatic rings. The van der Waals surface area contributed by atoms with Crippen molar-refractivity contribution in [1.82, 2.24) is 0 Å². The Morgan fingerprint density at radius 2 is 1.94 bits per heavy atom. The molecule has 1 aliphatic heterocycles. The Labute approximate surface area is 106 Å². The lowest BCUT2D eigenvalue weighted by molar-refractivity contribution is 0.272. The van der Waals surface area contributed by atoms with Crippen LogP contribution in [0, 0.1) is 6.92 Å². The quantitative estimate of drug-likeness (QED) is 0.816. The third kappa shape index (κ3) is 2.01. The van der Waals surface area contributed by atoms with Gasteiger partial charge in [0.05, 0.1) is 6.61 Å². The van der Waals surface area contributed by atoms with E-state index >= 15 is 0 Å². The first-order valence-corrected chi connectivity index (χ1v) is 5.90. The molecule has 0 spiro atoms. The average molecular weight is 240 g/mol. The molecule has 18 heavy (non-hydrogen) atoms. The molecule has 1 aliphatic rings. The van der Waals surface area contributed by atoms with Gasteiger partial charge in [0, 0.05) is 5.56 Å². The van der Waals surface area contributed by atoms with Crippen molar-refractivity contribution in [2.75, 3.05) is 0 Å². The molecule has 3 nitrogen and oxygen atoms in total. The lowest BCUT2D eigenvalue weighted by Gasteiger charge is -2.09. The molecule has 2 aromatic carbocycles. The highest BCUT2D eigenvalue weighted by Crippen LogP contribution is 2.27. The molecular weight excluding hydrogens is 227 g/mol. The third-order valence-corrected chi connectivity index (χ3v) is 3.07. The Morgan fingerprint density at radius 3 is 2.72 bits per heavy atom. The van der Waals surface area contributed by atoms with E-state index in [9.17, 15) is 5.02 Å². The third-order valence-electron chi connectivity index (χ3n) is 3.07. The van der Waals surface area contributed by atoms with Crippen LogP contribution in [-0.2, 0) is 11.3 Å². The zero-order valence-corrected chi connectivity index (χ0v) is 10.1. The van der Waals surface area contributed by atoms with Gasteiger partial charge < -0.3 is 14.4 Å². The van der Waals surface area contributed by atoms with E-state index in [0.717, 1.165) is 22.5 Å². The summed E-state index contributed by atoms with van der Waals surface area (Å²) in [5.74, 6) is 1.53. The summed E-state index contributed by atoms with van der Waals surface area (Å²) < 4.78 is 11.0. The highest BCUT2D eigenvalue weighted by molar-refractivity contribution is 6.61. The Kier molecular flexibility index (Phi) is 2.82. The highest BCUT2D eigenvalue weighted by atomic mass is 16.5. The van der Waals surface area contributed by atoms with Crippen LogP contribution in [0.1, 0.15) is 11.1 Å². The van der Waals surface area contributed by atoms with Crippen LogP contribution >= 0.6 is 0 Å². The maximum Gasteiger partial charge on any atom is 0.491 e. The van der Waals surface area contributed by atoms with Gasteiger partial charge >= 0.3 is 7.12 Å². The molecule has 0 amide bonds. The summed E-state index contributed by atoms with van der Waals surface area (Å²) in [7, 11) is -0.832. The van der Waals surface area contributed by atoms with Gasteiger partial charge in [0.25, 0.3) is 0 Å². The van der Waals surface area contributed by atoms with Crippen molar-refractivity contribution in [3.8, 4) is 11.5 Å². The van der Waals surface area contributed by atoms with E-state index < -0.39 is 7.12 Å². The molecular formula is C14H13BO3. The monoisotopic (exact) mass is 240 g/mol. The SMILES string of the molecule is Cc1ccc(Oc2cccc3c2COB3O)cc1. The van der Waals surface area contributed by atoms with Crippen LogP contribution in [0.2, 0.25) is 0 Å². The fraction of sp³-hybridized carbons (Fsp3) is 0.143. The summed E-state index contributed by atoms with van der Waals surface area (Å²) in [5, 5.41) is 9.63. The number of hydrogen-bond acceptors (Lipinski definition) is 3. The number of aryl methyl sites for hydroxylation is 1. The molecule has 0 aliphatic carbocycles. The normalized spacial score (nSPS) is 13.6. The molecule has 0 aromatic heterocycles. The van der Waals surface area contributed by atoms with Crippen LogP contribution in [0.25, 0.3) is 0 Å². The smallest absolute Gasteiger partial charge is 0.457 e. The highest BCUT2D eigenvalue weighted by Gasteiger charge is 2.29. The number of benzene rings is 2. The zero-order chi connectivity index (χ0) is 12.5. The Balaban J connectivity index is 1.92. The summed E-state index contributed by atoms with van der Waals surface area (Å²) in [6, 6.07) is 13.5. The van der Waals surface area contributed by atoms with E-state index in [0.29, 0.717) is 6.61 Å². The lowest BCUT2D eigenvalue weighted by Crippen LogP contribution is -2.27. The van der Waals surface area contributed by atoms with Crippen molar-refractivity contribution >= 4 is 12.6 Å². The summed E-state index contributed by atoms with van der Waals surface area (Å²) in [6.07, 6.45) is 0. The van der Waals surface area contributed by atoms with E-state index in [1.54, 1.807) is 0 Å². The molecule has 1 N–H and O–H groups in total. The van der Waals surface area contributed by atoms with Crippen molar-refractivity contribution in [2.24, 2.45) is 0 Å². The van der Waals surface area contributed by atoms with E-state index in [2.05, 4.69) is 0 Å². The van der Waals surface area contributed by atoms with Gasteiger partial charge in [-0.25, -0.2) is 0 Å².